The summed E-state index contributed by atoms with van der Waals surface area (Å²) in [5.41, 5.74) is 0. The van der Waals surface area contributed by atoms with Crippen molar-refractivity contribution in [1.29, 1.82) is 0 Å². The Morgan fingerprint density at radius 1 is 1.07 bits per heavy atom. The van der Waals surface area contributed by atoms with Crippen LogP contribution < -0.4 is 20.4 Å². The van der Waals surface area contributed by atoms with E-state index in [9.17, 15) is 0 Å². The van der Waals surface area contributed by atoms with Gasteiger partial charge in [0.25, 0.3) is 0 Å². The van der Waals surface area contributed by atoms with E-state index in [1.165, 1.54) is 25.7 Å². The molecule has 7 heteroatoms. The fourth-order valence-electron chi connectivity index (χ4n) is 3.82. The number of hydrogen-bond acceptors (Lipinski definition) is 5. The van der Waals surface area contributed by atoms with Crippen molar-refractivity contribution in [3.8, 4) is 0 Å². The van der Waals surface area contributed by atoms with Crippen LogP contribution in [-0.2, 0) is 0 Å². The summed E-state index contributed by atoms with van der Waals surface area (Å²) in [5.74, 6) is 4.15. The van der Waals surface area contributed by atoms with Crippen LogP contribution in [0.15, 0.2) is 6.07 Å². The molecule has 1 atom stereocenters. The minimum Gasteiger partial charge on any atom is -0.362 e. The van der Waals surface area contributed by atoms with Gasteiger partial charge in [-0.1, -0.05) is 20.8 Å². The predicted molar refractivity (Wildman–Crippen MR) is 118 cm³/mol. The molecule has 27 heavy (non-hydrogen) atoms. The lowest BCUT2D eigenvalue weighted by Gasteiger charge is -2.34. The van der Waals surface area contributed by atoms with E-state index in [0.29, 0.717) is 17.0 Å². The minimum absolute atomic E-state index is 0.597. The van der Waals surface area contributed by atoms with E-state index in [0.717, 1.165) is 56.7 Å². The number of thiocarbonyl (C=S) groups is 1. The predicted octanol–water partition coefficient (Wildman–Crippen LogP) is 3.65. The molecule has 3 heterocycles. The van der Waals surface area contributed by atoms with Gasteiger partial charge in [0.2, 0.25) is 5.95 Å². The molecule has 2 saturated heterocycles. The molecular formula is C20H34N6S. The van der Waals surface area contributed by atoms with Crippen LogP contribution in [0.2, 0.25) is 0 Å². The van der Waals surface area contributed by atoms with Crippen molar-refractivity contribution < 1.29 is 0 Å². The van der Waals surface area contributed by atoms with E-state index < -0.39 is 0 Å². The molecule has 0 spiro atoms. The molecule has 0 bridgehead atoms. The molecule has 0 radical (unpaired) electrons. The quantitative estimate of drug-likeness (QED) is 0.744. The van der Waals surface area contributed by atoms with Gasteiger partial charge in [-0.05, 0) is 56.2 Å². The normalized spacial score (nSPS) is 21.2. The van der Waals surface area contributed by atoms with Crippen molar-refractivity contribution in [2.24, 2.45) is 11.8 Å². The van der Waals surface area contributed by atoms with Crippen molar-refractivity contribution in [1.82, 2.24) is 15.3 Å². The van der Waals surface area contributed by atoms with Crippen LogP contribution in [0.25, 0.3) is 0 Å². The topological polar surface area (TPSA) is 56.3 Å². The molecule has 0 unspecified atom stereocenters. The van der Waals surface area contributed by atoms with Crippen LogP contribution in [0.4, 0.5) is 17.6 Å². The van der Waals surface area contributed by atoms with E-state index in [-0.39, 0.29) is 0 Å². The molecule has 150 valence electrons. The minimum atomic E-state index is 0.597. The zero-order chi connectivity index (χ0) is 19.2. The van der Waals surface area contributed by atoms with Gasteiger partial charge in [0.15, 0.2) is 5.11 Å². The van der Waals surface area contributed by atoms with E-state index in [1.54, 1.807) is 0 Å². The number of anilines is 3. The molecule has 2 aliphatic rings. The largest absolute Gasteiger partial charge is 0.362 e. The average molecular weight is 391 g/mol. The van der Waals surface area contributed by atoms with Gasteiger partial charge in [0.1, 0.15) is 11.6 Å². The molecule has 0 saturated carbocycles. The maximum absolute atomic E-state index is 5.41. The number of rotatable bonds is 5. The summed E-state index contributed by atoms with van der Waals surface area (Å²) in [5, 5.41) is 7.00. The third kappa shape index (κ3) is 5.67. The highest BCUT2D eigenvalue weighted by molar-refractivity contribution is 7.80. The molecule has 2 aliphatic heterocycles. The van der Waals surface area contributed by atoms with Gasteiger partial charge >= 0.3 is 0 Å². The van der Waals surface area contributed by atoms with Crippen LogP contribution in [0.5, 0.6) is 0 Å². The van der Waals surface area contributed by atoms with Crippen LogP contribution in [-0.4, -0.2) is 47.8 Å². The Bertz CT molecular complexity index is 629. The van der Waals surface area contributed by atoms with Crippen LogP contribution in [0, 0.1) is 11.8 Å². The van der Waals surface area contributed by atoms with Gasteiger partial charge in [-0.3, -0.25) is 0 Å². The summed E-state index contributed by atoms with van der Waals surface area (Å²) < 4.78 is 0. The molecule has 2 N–H and O–H groups in total. The molecule has 6 nitrogen and oxygen atoms in total. The number of aromatic nitrogens is 2. The second-order valence-corrected chi connectivity index (χ2v) is 8.56. The van der Waals surface area contributed by atoms with Crippen LogP contribution >= 0.6 is 12.2 Å². The number of nitrogens with zero attached hydrogens (tertiary/aromatic N) is 4. The summed E-state index contributed by atoms with van der Waals surface area (Å²) in [6.07, 6.45) is 6.00. The van der Waals surface area contributed by atoms with Gasteiger partial charge in [0, 0.05) is 38.8 Å². The zero-order valence-electron chi connectivity index (χ0n) is 17.0. The second kappa shape index (κ2) is 9.53. The highest BCUT2D eigenvalue weighted by atomic mass is 32.1. The highest BCUT2D eigenvalue weighted by Crippen LogP contribution is 2.28. The third-order valence-corrected chi connectivity index (χ3v) is 5.80. The summed E-state index contributed by atoms with van der Waals surface area (Å²) in [7, 11) is 0. The van der Waals surface area contributed by atoms with Gasteiger partial charge in [0.05, 0.1) is 0 Å². The first-order valence-electron chi connectivity index (χ1n) is 10.5. The smallest absolute Gasteiger partial charge is 0.232 e. The van der Waals surface area contributed by atoms with Crippen LogP contribution in [0.3, 0.4) is 0 Å². The van der Waals surface area contributed by atoms with E-state index in [1.807, 2.05) is 0 Å². The Kier molecular flexibility index (Phi) is 7.10. The van der Waals surface area contributed by atoms with Gasteiger partial charge in [-0.15, -0.1) is 0 Å². The SMILES string of the molecule is CCCNC(=S)Nc1nc(N2CCC(C)CC2)cc(N2CCC[C@H](C)C2)n1. The van der Waals surface area contributed by atoms with E-state index in [4.69, 9.17) is 22.2 Å². The number of piperidine rings is 2. The first-order chi connectivity index (χ1) is 13.0. The maximum atomic E-state index is 5.41. The Balaban J connectivity index is 1.81. The number of hydrogen-bond donors (Lipinski definition) is 2. The van der Waals surface area contributed by atoms with Crippen molar-refractivity contribution >= 4 is 34.9 Å². The summed E-state index contributed by atoms with van der Waals surface area (Å²) >= 11 is 5.41. The standard InChI is InChI=1S/C20H34N6S/c1-4-9-21-20(27)24-19-22-17(25-11-7-15(2)8-12-25)13-18(23-19)26-10-5-6-16(3)14-26/h13,15-16H,4-12,14H2,1-3H3,(H2,21,22,23,24,27)/t16-/m0/s1. The summed E-state index contributed by atoms with van der Waals surface area (Å²) in [6.45, 7) is 11.9. The lowest BCUT2D eigenvalue weighted by Crippen LogP contribution is -2.37. The second-order valence-electron chi connectivity index (χ2n) is 8.15. The van der Waals surface area contributed by atoms with E-state index >= 15 is 0 Å². The van der Waals surface area contributed by atoms with Crippen molar-refractivity contribution in [3.05, 3.63) is 6.07 Å². The van der Waals surface area contributed by atoms with Crippen molar-refractivity contribution in [2.75, 3.05) is 47.8 Å². The third-order valence-electron chi connectivity index (χ3n) is 5.55. The van der Waals surface area contributed by atoms with Gasteiger partial charge in [-0.25, -0.2) is 0 Å². The maximum Gasteiger partial charge on any atom is 0.232 e. The Morgan fingerprint density at radius 3 is 2.44 bits per heavy atom. The van der Waals surface area contributed by atoms with Crippen molar-refractivity contribution in [2.45, 2.75) is 52.9 Å². The first kappa shape index (κ1) is 20.1. The molecule has 0 aromatic carbocycles. The lowest BCUT2D eigenvalue weighted by molar-refractivity contribution is 0.435. The average Bonchev–Trinajstić information content (AvgIpc) is 2.66. The van der Waals surface area contributed by atoms with E-state index in [2.05, 4.69) is 47.3 Å². The summed E-state index contributed by atoms with van der Waals surface area (Å²) in [6, 6.07) is 2.17. The van der Waals surface area contributed by atoms with Crippen LogP contribution in [0.1, 0.15) is 52.9 Å². The highest BCUT2D eigenvalue weighted by Gasteiger charge is 2.22. The molecule has 0 aliphatic carbocycles. The first-order valence-corrected chi connectivity index (χ1v) is 10.9. The fraction of sp³-hybridized carbons (Fsp3) is 0.750. The van der Waals surface area contributed by atoms with Crippen molar-refractivity contribution in [3.63, 3.8) is 0 Å². The monoisotopic (exact) mass is 390 g/mol. The number of nitrogens with one attached hydrogen (secondary N) is 2. The zero-order valence-corrected chi connectivity index (χ0v) is 17.8. The molecular weight excluding hydrogens is 356 g/mol. The molecule has 0 amide bonds. The molecule has 1 aromatic heterocycles. The Hall–Kier alpha value is -1.63. The lowest BCUT2D eigenvalue weighted by atomic mass is 9.99. The van der Waals surface area contributed by atoms with Gasteiger partial charge in [-0.2, -0.15) is 9.97 Å². The van der Waals surface area contributed by atoms with Gasteiger partial charge < -0.3 is 20.4 Å². The molecule has 3 rings (SSSR count). The molecule has 1 aromatic rings. The fourth-order valence-corrected chi connectivity index (χ4v) is 4.01. The molecule has 2 fully saturated rings. The Morgan fingerprint density at radius 2 is 1.78 bits per heavy atom. The summed E-state index contributed by atoms with van der Waals surface area (Å²) in [4.78, 5) is 14.4. The Labute approximate surface area is 169 Å².